The van der Waals surface area contributed by atoms with E-state index < -0.39 is 0 Å². The maximum absolute atomic E-state index is 5.90. The fourth-order valence-electron chi connectivity index (χ4n) is 1.24. The summed E-state index contributed by atoms with van der Waals surface area (Å²) >= 11 is 0. The largest absolute Gasteiger partial charge is 0.494 e. The molecule has 0 aliphatic rings. The molecule has 2 nitrogen and oxygen atoms in total. The van der Waals surface area contributed by atoms with Gasteiger partial charge >= 0.3 is 0 Å². The van der Waals surface area contributed by atoms with Gasteiger partial charge in [0.2, 0.25) is 0 Å². The molecule has 0 aliphatic heterocycles. The minimum Gasteiger partial charge on any atom is -0.494 e. The van der Waals surface area contributed by atoms with Crippen molar-refractivity contribution in [1.82, 2.24) is 0 Å². The van der Waals surface area contributed by atoms with Crippen LogP contribution < -0.4 is 10.5 Å². The number of nitrogens with two attached hydrogens (primary N) is 1. The van der Waals surface area contributed by atoms with Crippen LogP contribution in [0.2, 0.25) is 0 Å². The molecule has 1 aromatic carbocycles. The Kier molecular flexibility index (Phi) is 3.77. The first-order valence-corrected chi connectivity index (χ1v) is 4.76. The van der Waals surface area contributed by atoms with Crippen LogP contribution in [0.15, 0.2) is 24.3 Å². The Balaban J connectivity index is 2.78. The first-order chi connectivity index (χ1) is 6.27. The van der Waals surface area contributed by atoms with Crippen molar-refractivity contribution in [2.75, 3.05) is 6.61 Å². The summed E-state index contributed by atoms with van der Waals surface area (Å²) in [6.07, 6.45) is 0.954. The summed E-state index contributed by atoms with van der Waals surface area (Å²) < 4.78 is 5.39. The molecule has 1 unspecified atom stereocenters. The van der Waals surface area contributed by atoms with Crippen LogP contribution in [0.1, 0.15) is 31.9 Å². The lowest BCUT2D eigenvalue weighted by atomic mass is 10.1. The van der Waals surface area contributed by atoms with Crippen LogP contribution in [-0.2, 0) is 0 Å². The monoisotopic (exact) mass is 179 g/mol. The van der Waals surface area contributed by atoms with E-state index in [1.54, 1.807) is 0 Å². The first-order valence-electron chi connectivity index (χ1n) is 4.76. The van der Waals surface area contributed by atoms with Crippen LogP contribution in [0.5, 0.6) is 5.75 Å². The molecule has 1 atom stereocenters. The maximum atomic E-state index is 5.90. The second-order valence-corrected chi connectivity index (χ2v) is 3.02. The number of ether oxygens (including phenoxy) is 1. The zero-order chi connectivity index (χ0) is 9.68. The second-order valence-electron chi connectivity index (χ2n) is 3.02. The van der Waals surface area contributed by atoms with Gasteiger partial charge in [-0.05, 0) is 31.0 Å². The van der Waals surface area contributed by atoms with Gasteiger partial charge in [-0.1, -0.05) is 19.1 Å². The van der Waals surface area contributed by atoms with Crippen molar-refractivity contribution in [2.24, 2.45) is 5.73 Å². The fraction of sp³-hybridized carbons (Fsp3) is 0.455. The normalized spacial score (nSPS) is 12.5. The van der Waals surface area contributed by atoms with Gasteiger partial charge in [0, 0.05) is 6.04 Å². The summed E-state index contributed by atoms with van der Waals surface area (Å²) in [5, 5.41) is 0. The third kappa shape index (κ3) is 2.74. The molecule has 0 radical (unpaired) electrons. The molecule has 0 fully saturated rings. The van der Waals surface area contributed by atoms with Gasteiger partial charge in [-0.15, -0.1) is 0 Å². The van der Waals surface area contributed by atoms with Gasteiger partial charge in [0.15, 0.2) is 0 Å². The SMILES string of the molecule is CCOc1cccc(C(N)CC)c1. The standard InChI is InChI=1S/C11H17NO/c1-3-11(12)9-6-5-7-10(8-9)13-4-2/h5-8,11H,3-4,12H2,1-2H3. The van der Waals surface area contributed by atoms with Crippen molar-refractivity contribution in [1.29, 1.82) is 0 Å². The molecule has 1 rings (SSSR count). The smallest absolute Gasteiger partial charge is 0.119 e. The summed E-state index contributed by atoms with van der Waals surface area (Å²) in [6.45, 7) is 4.76. The minimum atomic E-state index is 0.125. The summed E-state index contributed by atoms with van der Waals surface area (Å²) in [4.78, 5) is 0. The van der Waals surface area contributed by atoms with Gasteiger partial charge in [0.25, 0.3) is 0 Å². The van der Waals surface area contributed by atoms with E-state index in [4.69, 9.17) is 10.5 Å². The van der Waals surface area contributed by atoms with Crippen LogP contribution in [0.25, 0.3) is 0 Å². The Morgan fingerprint density at radius 2 is 2.15 bits per heavy atom. The molecule has 0 amide bonds. The summed E-state index contributed by atoms with van der Waals surface area (Å²) in [6, 6.07) is 8.11. The Hall–Kier alpha value is -1.02. The average Bonchev–Trinajstić information content (AvgIpc) is 2.18. The van der Waals surface area contributed by atoms with E-state index in [0.29, 0.717) is 6.61 Å². The summed E-state index contributed by atoms with van der Waals surface area (Å²) in [5.41, 5.74) is 7.05. The average molecular weight is 179 g/mol. The van der Waals surface area contributed by atoms with Crippen molar-refractivity contribution in [3.8, 4) is 5.75 Å². The van der Waals surface area contributed by atoms with Crippen molar-refractivity contribution in [2.45, 2.75) is 26.3 Å². The number of benzene rings is 1. The molecule has 72 valence electrons. The van der Waals surface area contributed by atoms with E-state index in [9.17, 15) is 0 Å². The van der Waals surface area contributed by atoms with Crippen LogP contribution in [-0.4, -0.2) is 6.61 Å². The lowest BCUT2D eigenvalue weighted by Gasteiger charge is -2.10. The molecule has 0 saturated heterocycles. The predicted molar refractivity (Wildman–Crippen MR) is 54.8 cm³/mol. The molecule has 2 N–H and O–H groups in total. The van der Waals surface area contributed by atoms with Crippen molar-refractivity contribution in [3.63, 3.8) is 0 Å². The van der Waals surface area contributed by atoms with E-state index in [2.05, 4.69) is 6.92 Å². The van der Waals surface area contributed by atoms with Crippen molar-refractivity contribution < 1.29 is 4.74 Å². The van der Waals surface area contributed by atoms with Crippen molar-refractivity contribution in [3.05, 3.63) is 29.8 Å². The zero-order valence-electron chi connectivity index (χ0n) is 8.29. The summed E-state index contributed by atoms with van der Waals surface area (Å²) in [7, 11) is 0. The highest BCUT2D eigenvalue weighted by molar-refractivity contribution is 5.30. The number of rotatable bonds is 4. The molecule has 0 aliphatic carbocycles. The summed E-state index contributed by atoms with van der Waals surface area (Å²) in [5.74, 6) is 0.906. The van der Waals surface area contributed by atoms with E-state index in [-0.39, 0.29) is 6.04 Å². The third-order valence-electron chi connectivity index (χ3n) is 2.04. The van der Waals surface area contributed by atoms with Crippen molar-refractivity contribution >= 4 is 0 Å². The van der Waals surface area contributed by atoms with Crippen LogP contribution >= 0.6 is 0 Å². The van der Waals surface area contributed by atoms with Gasteiger partial charge in [-0.3, -0.25) is 0 Å². The molecule has 1 aromatic rings. The second kappa shape index (κ2) is 4.87. The van der Waals surface area contributed by atoms with E-state index >= 15 is 0 Å². The van der Waals surface area contributed by atoms with Gasteiger partial charge in [-0.2, -0.15) is 0 Å². The molecular weight excluding hydrogens is 162 g/mol. The van der Waals surface area contributed by atoms with Gasteiger partial charge in [-0.25, -0.2) is 0 Å². The Morgan fingerprint density at radius 1 is 1.38 bits per heavy atom. The molecule has 0 saturated carbocycles. The van der Waals surface area contributed by atoms with Gasteiger partial charge < -0.3 is 10.5 Å². The van der Waals surface area contributed by atoms with E-state index in [1.165, 1.54) is 0 Å². The minimum absolute atomic E-state index is 0.125. The first kappa shape index (κ1) is 10.1. The molecular formula is C11H17NO. The van der Waals surface area contributed by atoms with Crippen LogP contribution in [0.3, 0.4) is 0 Å². The van der Waals surface area contributed by atoms with Gasteiger partial charge in [0.05, 0.1) is 6.61 Å². The highest BCUT2D eigenvalue weighted by atomic mass is 16.5. The van der Waals surface area contributed by atoms with Gasteiger partial charge in [0.1, 0.15) is 5.75 Å². The Labute approximate surface area is 79.7 Å². The topological polar surface area (TPSA) is 35.2 Å². The number of hydrogen-bond donors (Lipinski definition) is 1. The molecule has 2 heteroatoms. The number of hydrogen-bond acceptors (Lipinski definition) is 2. The molecule has 0 aromatic heterocycles. The Bertz CT molecular complexity index is 260. The third-order valence-corrected chi connectivity index (χ3v) is 2.04. The molecule has 0 bridgehead atoms. The molecule has 0 heterocycles. The fourth-order valence-corrected chi connectivity index (χ4v) is 1.24. The Morgan fingerprint density at radius 3 is 2.77 bits per heavy atom. The predicted octanol–water partition coefficient (Wildman–Crippen LogP) is 2.50. The lowest BCUT2D eigenvalue weighted by Crippen LogP contribution is -2.08. The lowest BCUT2D eigenvalue weighted by molar-refractivity contribution is 0.339. The highest BCUT2D eigenvalue weighted by Gasteiger charge is 2.03. The zero-order valence-corrected chi connectivity index (χ0v) is 8.29. The van der Waals surface area contributed by atoms with E-state index in [0.717, 1.165) is 17.7 Å². The van der Waals surface area contributed by atoms with Crippen LogP contribution in [0, 0.1) is 0 Å². The maximum Gasteiger partial charge on any atom is 0.119 e. The highest BCUT2D eigenvalue weighted by Crippen LogP contribution is 2.19. The molecule has 13 heavy (non-hydrogen) atoms. The van der Waals surface area contributed by atoms with E-state index in [1.807, 2.05) is 31.2 Å². The van der Waals surface area contributed by atoms with Crippen LogP contribution in [0.4, 0.5) is 0 Å². The quantitative estimate of drug-likeness (QED) is 0.770. The molecule has 0 spiro atoms.